The van der Waals surface area contributed by atoms with E-state index in [0.717, 1.165) is 18.9 Å². The predicted molar refractivity (Wildman–Crippen MR) is 61.8 cm³/mol. The lowest BCUT2D eigenvalue weighted by atomic mass is 9.83. The number of hydrogen-bond acceptors (Lipinski definition) is 1. The third kappa shape index (κ3) is 1.92. The standard InChI is InChI=1S/C13H15F2NO/c1-3-7(4-2)11-9-5-8(14)6-10(15)12(9)16-13(11)17/h5-7,11H,3-4H2,1-2H3,(H,16,17). The third-order valence-corrected chi connectivity index (χ3v) is 3.47. The van der Waals surface area contributed by atoms with E-state index in [9.17, 15) is 13.6 Å². The Bertz CT molecular complexity index is 455. The van der Waals surface area contributed by atoms with Crippen LogP contribution in [0.15, 0.2) is 12.1 Å². The van der Waals surface area contributed by atoms with Crippen LogP contribution in [0.5, 0.6) is 0 Å². The van der Waals surface area contributed by atoms with E-state index in [4.69, 9.17) is 0 Å². The average molecular weight is 239 g/mol. The Morgan fingerprint density at radius 1 is 1.29 bits per heavy atom. The fraction of sp³-hybridized carbons (Fsp3) is 0.462. The Morgan fingerprint density at radius 3 is 2.53 bits per heavy atom. The Morgan fingerprint density at radius 2 is 1.94 bits per heavy atom. The van der Waals surface area contributed by atoms with Crippen LogP contribution < -0.4 is 5.32 Å². The van der Waals surface area contributed by atoms with Gasteiger partial charge in [0.25, 0.3) is 0 Å². The normalized spacial score (nSPS) is 18.4. The van der Waals surface area contributed by atoms with Crippen molar-refractivity contribution in [3.05, 3.63) is 29.3 Å². The highest BCUT2D eigenvalue weighted by molar-refractivity contribution is 6.03. The van der Waals surface area contributed by atoms with Crippen molar-refractivity contribution in [3.63, 3.8) is 0 Å². The second kappa shape index (κ2) is 4.43. The van der Waals surface area contributed by atoms with E-state index in [-0.39, 0.29) is 17.5 Å². The molecule has 1 heterocycles. The number of amides is 1. The van der Waals surface area contributed by atoms with Crippen LogP contribution in [0.2, 0.25) is 0 Å². The quantitative estimate of drug-likeness (QED) is 0.860. The fourth-order valence-electron chi connectivity index (χ4n) is 2.54. The summed E-state index contributed by atoms with van der Waals surface area (Å²) >= 11 is 0. The van der Waals surface area contributed by atoms with Crippen LogP contribution >= 0.6 is 0 Å². The number of anilines is 1. The summed E-state index contributed by atoms with van der Waals surface area (Å²) in [7, 11) is 0. The van der Waals surface area contributed by atoms with Gasteiger partial charge in [0.1, 0.15) is 11.6 Å². The summed E-state index contributed by atoms with van der Waals surface area (Å²) in [5.74, 6) is -1.85. The maximum absolute atomic E-state index is 13.5. The van der Waals surface area contributed by atoms with E-state index < -0.39 is 17.6 Å². The number of benzene rings is 1. The SMILES string of the molecule is CCC(CC)C1C(=O)Nc2c(F)cc(F)cc21. The zero-order valence-corrected chi connectivity index (χ0v) is 9.89. The van der Waals surface area contributed by atoms with E-state index in [1.165, 1.54) is 6.07 Å². The molecule has 0 spiro atoms. The molecule has 1 aromatic carbocycles. The van der Waals surface area contributed by atoms with Gasteiger partial charge >= 0.3 is 0 Å². The maximum Gasteiger partial charge on any atom is 0.232 e. The van der Waals surface area contributed by atoms with Crippen molar-refractivity contribution in [1.29, 1.82) is 0 Å². The molecule has 0 saturated heterocycles. The minimum Gasteiger partial charge on any atom is -0.323 e. The van der Waals surface area contributed by atoms with Gasteiger partial charge in [0, 0.05) is 6.07 Å². The monoisotopic (exact) mass is 239 g/mol. The van der Waals surface area contributed by atoms with Gasteiger partial charge in [-0.05, 0) is 17.5 Å². The lowest BCUT2D eigenvalue weighted by Gasteiger charge is -2.18. The summed E-state index contributed by atoms with van der Waals surface area (Å²) < 4.78 is 26.7. The first kappa shape index (κ1) is 12.0. The molecule has 1 aromatic rings. The maximum atomic E-state index is 13.5. The van der Waals surface area contributed by atoms with Gasteiger partial charge < -0.3 is 5.32 Å². The Labute approximate surface area is 99.0 Å². The number of nitrogens with one attached hydrogen (secondary N) is 1. The zero-order chi connectivity index (χ0) is 12.6. The minimum atomic E-state index is -0.693. The smallest absolute Gasteiger partial charge is 0.232 e. The van der Waals surface area contributed by atoms with E-state index in [0.29, 0.717) is 5.56 Å². The Hall–Kier alpha value is -1.45. The van der Waals surface area contributed by atoms with Crippen LogP contribution in [-0.4, -0.2) is 5.91 Å². The van der Waals surface area contributed by atoms with Gasteiger partial charge in [0.05, 0.1) is 11.6 Å². The van der Waals surface area contributed by atoms with Crippen LogP contribution in [0.4, 0.5) is 14.5 Å². The first-order chi connectivity index (χ1) is 8.08. The van der Waals surface area contributed by atoms with Crippen molar-refractivity contribution in [2.24, 2.45) is 5.92 Å². The molecule has 0 radical (unpaired) electrons. The van der Waals surface area contributed by atoms with Gasteiger partial charge in [0.2, 0.25) is 5.91 Å². The van der Waals surface area contributed by atoms with Crippen LogP contribution in [0.1, 0.15) is 38.2 Å². The number of fused-ring (bicyclic) bond motifs is 1. The van der Waals surface area contributed by atoms with Gasteiger partial charge in [0.15, 0.2) is 0 Å². The molecular formula is C13H15F2NO. The summed E-state index contributed by atoms with van der Waals surface area (Å²) in [4.78, 5) is 11.9. The second-order valence-electron chi connectivity index (χ2n) is 4.40. The first-order valence-electron chi connectivity index (χ1n) is 5.88. The largest absolute Gasteiger partial charge is 0.323 e. The molecule has 2 nitrogen and oxygen atoms in total. The number of rotatable bonds is 3. The van der Waals surface area contributed by atoms with E-state index in [1.807, 2.05) is 13.8 Å². The highest BCUT2D eigenvalue weighted by Crippen LogP contribution is 2.41. The Kier molecular flexibility index (Phi) is 3.13. The third-order valence-electron chi connectivity index (χ3n) is 3.47. The molecule has 1 aliphatic heterocycles. The van der Waals surface area contributed by atoms with E-state index >= 15 is 0 Å². The summed E-state index contributed by atoms with van der Waals surface area (Å²) in [6.45, 7) is 3.96. The second-order valence-corrected chi connectivity index (χ2v) is 4.40. The topological polar surface area (TPSA) is 29.1 Å². The summed E-state index contributed by atoms with van der Waals surface area (Å²) in [5, 5.41) is 2.51. The molecule has 0 saturated carbocycles. The molecule has 2 rings (SSSR count). The summed E-state index contributed by atoms with van der Waals surface area (Å²) in [6.07, 6.45) is 1.62. The molecule has 0 bridgehead atoms. The van der Waals surface area contributed by atoms with Gasteiger partial charge in [-0.3, -0.25) is 4.79 Å². The van der Waals surface area contributed by atoms with Crippen LogP contribution in [0.25, 0.3) is 0 Å². The molecule has 1 atom stereocenters. The van der Waals surface area contributed by atoms with E-state index in [1.54, 1.807) is 0 Å². The molecule has 1 amide bonds. The highest BCUT2D eigenvalue weighted by atomic mass is 19.1. The van der Waals surface area contributed by atoms with E-state index in [2.05, 4.69) is 5.32 Å². The lowest BCUT2D eigenvalue weighted by Crippen LogP contribution is -2.20. The molecular weight excluding hydrogens is 224 g/mol. The van der Waals surface area contributed by atoms with Gasteiger partial charge in [-0.1, -0.05) is 26.7 Å². The van der Waals surface area contributed by atoms with Gasteiger partial charge in [-0.25, -0.2) is 8.78 Å². The molecule has 1 unspecified atom stereocenters. The predicted octanol–water partition coefficient (Wildman–Crippen LogP) is 3.44. The fourth-order valence-corrected chi connectivity index (χ4v) is 2.54. The zero-order valence-electron chi connectivity index (χ0n) is 9.89. The first-order valence-corrected chi connectivity index (χ1v) is 5.88. The summed E-state index contributed by atoms with van der Waals surface area (Å²) in [6, 6.07) is 2.06. The molecule has 17 heavy (non-hydrogen) atoms. The minimum absolute atomic E-state index is 0.123. The molecule has 0 fully saturated rings. The molecule has 0 aromatic heterocycles. The summed E-state index contributed by atoms with van der Waals surface area (Å²) in [5.41, 5.74) is 0.606. The molecule has 1 N–H and O–H groups in total. The van der Waals surface area contributed by atoms with Crippen molar-refractivity contribution >= 4 is 11.6 Å². The van der Waals surface area contributed by atoms with Crippen molar-refractivity contribution in [3.8, 4) is 0 Å². The van der Waals surface area contributed by atoms with Crippen LogP contribution in [0.3, 0.4) is 0 Å². The molecule has 0 aliphatic carbocycles. The number of halogens is 2. The average Bonchev–Trinajstić information content (AvgIpc) is 2.59. The highest BCUT2D eigenvalue weighted by Gasteiger charge is 2.37. The van der Waals surface area contributed by atoms with Crippen LogP contribution in [0, 0.1) is 17.6 Å². The van der Waals surface area contributed by atoms with Crippen molar-refractivity contribution < 1.29 is 13.6 Å². The Balaban J connectivity index is 2.49. The van der Waals surface area contributed by atoms with Crippen molar-refractivity contribution in [2.45, 2.75) is 32.6 Å². The van der Waals surface area contributed by atoms with Crippen LogP contribution in [-0.2, 0) is 4.79 Å². The molecule has 92 valence electrons. The molecule has 4 heteroatoms. The number of hydrogen-bond donors (Lipinski definition) is 1. The van der Waals surface area contributed by atoms with Gasteiger partial charge in [-0.2, -0.15) is 0 Å². The number of carbonyl (C=O) groups excluding carboxylic acids is 1. The number of carbonyl (C=O) groups is 1. The van der Waals surface area contributed by atoms with Gasteiger partial charge in [-0.15, -0.1) is 0 Å². The molecule has 1 aliphatic rings. The van der Waals surface area contributed by atoms with Crippen molar-refractivity contribution in [1.82, 2.24) is 0 Å². The lowest BCUT2D eigenvalue weighted by molar-refractivity contribution is -0.118. The van der Waals surface area contributed by atoms with Crippen molar-refractivity contribution in [2.75, 3.05) is 5.32 Å².